The summed E-state index contributed by atoms with van der Waals surface area (Å²) in [5.74, 6) is 0.296. The number of aromatic amines is 1. The number of rotatable bonds is 5. The van der Waals surface area contributed by atoms with E-state index in [1.807, 2.05) is 0 Å². The van der Waals surface area contributed by atoms with Crippen LogP contribution in [-0.4, -0.2) is 22.7 Å². The number of thiophene rings is 1. The molecular formula is C18H19N3S2. The molecule has 0 unspecified atom stereocenters. The molecule has 1 aliphatic rings. The van der Waals surface area contributed by atoms with Crippen LogP contribution in [0.3, 0.4) is 0 Å². The first-order valence-corrected chi connectivity index (χ1v) is 9.24. The molecule has 1 aliphatic carbocycles. The van der Waals surface area contributed by atoms with Gasteiger partial charge in [0.1, 0.15) is 0 Å². The third kappa shape index (κ3) is 3.26. The molecule has 0 bridgehead atoms. The van der Waals surface area contributed by atoms with E-state index in [1.54, 1.807) is 11.3 Å². The summed E-state index contributed by atoms with van der Waals surface area (Å²) < 4.78 is 0. The molecule has 1 fully saturated rings. The average Bonchev–Trinajstić information content (AvgIpc) is 3.05. The predicted octanol–water partition coefficient (Wildman–Crippen LogP) is 3.99. The van der Waals surface area contributed by atoms with Crippen LogP contribution >= 0.6 is 23.6 Å². The van der Waals surface area contributed by atoms with Crippen LogP contribution in [0.1, 0.15) is 29.2 Å². The second-order valence-electron chi connectivity index (χ2n) is 5.99. The first-order chi connectivity index (χ1) is 11.3. The summed E-state index contributed by atoms with van der Waals surface area (Å²) in [5, 5.41) is 11.0. The monoisotopic (exact) mass is 341 g/mol. The lowest BCUT2D eigenvalue weighted by Gasteiger charge is -2.18. The van der Waals surface area contributed by atoms with Crippen molar-refractivity contribution in [2.45, 2.75) is 24.8 Å². The van der Waals surface area contributed by atoms with Crippen LogP contribution in [-0.2, 0) is 0 Å². The molecule has 0 aliphatic heterocycles. The maximum absolute atomic E-state index is 5.42. The molecule has 2 aromatic heterocycles. The minimum absolute atomic E-state index is 0.296. The van der Waals surface area contributed by atoms with Gasteiger partial charge in [0.25, 0.3) is 0 Å². The zero-order valence-electron chi connectivity index (χ0n) is 12.7. The molecule has 23 heavy (non-hydrogen) atoms. The van der Waals surface area contributed by atoms with Gasteiger partial charge in [0.2, 0.25) is 0 Å². The minimum atomic E-state index is 0.296. The normalized spacial score (nSPS) is 15.5. The van der Waals surface area contributed by atoms with Crippen molar-refractivity contribution in [3.63, 3.8) is 0 Å². The van der Waals surface area contributed by atoms with E-state index in [0.29, 0.717) is 12.0 Å². The number of aromatic nitrogens is 1. The van der Waals surface area contributed by atoms with Gasteiger partial charge in [-0.15, -0.1) is 11.3 Å². The fraction of sp³-hybridized carbons (Fsp3) is 0.278. The SMILES string of the molecule is S=C(NC[C@@H](c1cccs1)c1c[nH]c2ccccc12)NC1CC1. The summed E-state index contributed by atoms with van der Waals surface area (Å²) in [4.78, 5) is 4.75. The lowest BCUT2D eigenvalue weighted by atomic mass is 9.97. The molecule has 0 saturated heterocycles. The zero-order chi connectivity index (χ0) is 15.6. The van der Waals surface area contributed by atoms with E-state index in [1.165, 1.54) is 34.2 Å². The fourth-order valence-corrected chi connectivity index (χ4v) is 3.99. The van der Waals surface area contributed by atoms with Crippen LogP contribution in [0.5, 0.6) is 0 Å². The van der Waals surface area contributed by atoms with Crippen LogP contribution in [0.2, 0.25) is 0 Å². The molecule has 0 spiro atoms. The van der Waals surface area contributed by atoms with Gasteiger partial charge in [-0.3, -0.25) is 0 Å². The highest BCUT2D eigenvalue weighted by molar-refractivity contribution is 7.80. The van der Waals surface area contributed by atoms with Crippen molar-refractivity contribution >= 4 is 39.6 Å². The van der Waals surface area contributed by atoms with E-state index >= 15 is 0 Å². The summed E-state index contributed by atoms with van der Waals surface area (Å²) in [7, 11) is 0. The van der Waals surface area contributed by atoms with Gasteiger partial charge in [-0.1, -0.05) is 24.3 Å². The standard InChI is InChI=1S/C18H19N3S2/c22-18(21-12-7-8-12)20-11-15(17-6-3-9-23-17)14-10-19-16-5-2-1-4-13(14)16/h1-6,9-10,12,15,19H,7-8,11H2,(H2,20,21,22)/t15-/m1/s1. The maximum atomic E-state index is 5.42. The Labute approximate surface area is 145 Å². The van der Waals surface area contributed by atoms with Crippen molar-refractivity contribution in [1.29, 1.82) is 0 Å². The Balaban J connectivity index is 1.59. The van der Waals surface area contributed by atoms with Gasteiger partial charge >= 0.3 is 0 Å². The van der Waals surface area contributed by atoms with Crippen molar-refractivity contribution in [2.24, 2.45) is 0 Å². The molecule has 1 aromatic carbocycles. The summed E-state index contributed by atoms with van der Waals surface area (Å²) in [5.41, 5.74) is 2.51. The summed E-state index contributed by atoms with van der Waals surface area (Å²) in [6.45, 7) is 0.806. The number of H-pyrrole nitrogens is 1. The summed E-state index contributed by atoms with van der Waals surface area (Å²) in [6, 6.07) is 13.4. The van der Waals surface area contributed by atoms with E-state index in [2.05, 4.69) is 63.6 Å². The fourth-order valence-electron chi connectivity index (χ4n) is 2.89. The number of hydrogen-bond donors (Lipinski definition) is 3. The number of nitrogens with one attached hydrogen (secondary N) is 3. The van der Waals surface area contributed by atoms with E-state index in [0.717, 1.165) is 11.7 Å². The number of hydrogen-bond acceptors (Lipinski definition) is 2. The van der Waals surface area contributed by atoms with Gasteiger partial charge in [-0.2, -0.15) is 0 Å². The summed E-state index contributed by atoms with van der Waals surface area (Å²) >= 11 is 7.21. The van der Waals surface area contributed by atoms with Gasteiger partial charge in [0.15, 0.2) is 5.11 Å². The van der Waals surface area contributed by atoms with Crippen molar-refractivity contribution in [3.05, 3.63) is 58.4 Å². The Morgan fingerprint density at radius 3 is 2.91 bits per heavy atom. The quantitative estimate of drug-likeness (QED) is 0.615. The Morgan fingerprint density at radius 2 is 2.13 bits per heavy atom. The van der Waals surface area contributed by atoms with Crippen LogP contribution in [0.25, 0.3) is 10.9 Å². The Bertz CT molecular complexity index is 803. The molecule has 0 amide bonds. The lowest BCUT2D eigenvalue weighted by Crippen LogP contribution is -2.38. The summed E-state index contributed by atoms with van der Waals surface area (Å²) in [6.07, 6.45) is 4.60. The van der Waals surface area contributed by atoms with Gasteiger partial charge < -0.3 is 15.6 Å². The minimum Gasteiger partial charge on any atom is -0.362 e. The van der Waals surface area contributed by atoms with Gasteiger partial charge in [0, 0.05) is 40.5 Å². The molecule has 3 N–H and O–H groups in total. The molecule has 5 heteroatoms. The number of para-hydroxylation sites is 1. The molecule has 4 rings (SSSR count). The van der Waals surface area contributed by atoms with Crippen molar-refractivity contribution in [1.82, 2.24) is 15.6 Å². The molecule has 0 radical (unpaired) electrons. The van der Waals surface area contributed by atoms with Crippen molar-refractivity contribution in [3.8, 4) is 0 Å². The largest absolute Gasteiger partial charge is 0.362 e. The van der Waals surface area contributed by atoms with Crippen molar-refractivity contribution < 1.29 is 0 Å². The van der Waals surface area contributed by atoms with Crippen LogP contribution in [0.15, 0.2) is 48.0 Å². The number of thiocarbonyl (C=S) groups is 1. The zero-order valence-corrected chi connectivity index (χ0v) is 14.3. The first kappa shape index (κ1) is 14.7. The Hall–Kier alpha value is -1.85. The van der Waals surface area contributed by atoms with E-state index in [4.69, 9.17) is 12.2 Å². The smallest absolute Gasteiger partial charge is 0.166 e. The van der Waals surface area contributed by atoms with Crippen LogP contribution in [0.4, 0.5) is 0 Å². The molecule has 1 saturated carbocycles. The molecule has 118 valence electrons. The highest BCUT2D eigenvalue weighted by Gasteiger charge is 2.23. The highest BCUT2D eigenvalue weighted by Crippen LogP contribution is 2.32. The average molecular weight is 342 g/mol. The Kier molecular flexibility index (Phi) is 4.06. The topological polar surface area (TPSA) is 39.9 Å². The lowest BCUT2D eigenvalue weighted by molar-refractivity contribution is 0.751. The van der Waals surface area contributed by atoms with E-state index in [-0.39, 0.29) is 0 Å². The molecule has 3 aromatic rings. The van der Waals surface area contributed by atoms with E-state index < -0.39 is 0 Å². The highest BCUT2D eigenvalue weighted by atomic mass is 32.1. The number of benzene rings is 1. The van der Waals surface area contributed by atoms with E-state index in [9.17, 15) is 0 Å². The van der Waals surface area contributed by atoms with Crippen molar-refractivity contribution in [2.75, 3.05) is 6.54 Å². The third-order valence-electron chi connectivity index (χ3n) is 4.26. The first-order valence-electron chi connectivity index (χ1n) is 7.95. The second kappa shape index (κ2) is 6.34. The van der Waals surface area contributed by atoms with Crippen LogP contribution < -0.4 is 10.6 Å². The van der Waals surface area contributed by atoms with Crippen LogP contribution in [0, 0.1) is 0 Å². The van der Waals surface area contributed by atoms with Gasteiger partial charge in [0.05, 0.1) is 0 Å². The number of fused-ring (bicyclic) bond motifs is 1. The predicted molar refractivity (Wildman–Crippen MR) is 101 cm³/mol. The molecule has 2 heterocycles. The van der Waals surface area contributed by atoms with Gasteiger partial charge in [-0.05, 0) is 48.1 Å². The van der Waals surface area contributed by atoms with Gasteiger partial charge in [-0.25, -0.2) is 0 Å². The Morgan fingerprint density at radius 1 is 1.26 bits per heavy atom. The molecule has 1 atom stereocenters. The molecule has 3 nitrogen and oxygen atoms in total. The molecular weight excluding hydrogens is 322 g/mol. The second-order valence-corrected chi connectivity index (χ2v) is 7.37. The third-order valence-corrected chi connectivity index (χ3v) is 5.51. The maximum Gasteiger partial charge on any atom is 0.166 e.